The molecule has 2 fully saturated rings. The molecule has 154 valence electrons. The molecule has 1 amide bonds. The number of carbonyl (C=O) groups excluding carboxylic acids is 1. The molecule has 1 saturated carbocycles. The zero-order valence-electron chi connectivity index (χ0n) is 16.8. The smallest absolute Gasteiger partial charge is 0.411 e. The SMILES string of the molecule is O=C(Nc1cccc(Cl)c1)OCCN1CCCC12CCC(c1ccccc1)CC2. The molecule has 0 radical (unpaired) electrons. The molecule has 0 aromatic heterocycles. The van der Waals surface area contributed by atoms with E-state index in [2.05, 4.69) is 40.5 Å². The van der Waals surface area contributed by atoms with Gasteiger partial charge in [-0.05, 0) is 74.8 Å². The van der Waals surface area contributed by atoms with Gasteiger partial charge in [0.2, 0.25) is 0 Å². The lowest BCUT2D eigenvalue weighted by Gasteiger charge is -2.44. The first kappa shape index (κ1) is 20.2. The highest BCUT2D eigenvalue weighted by Gasteiger charge is 2.43. The molecule has 2 aliphatic rings. The number of halogens is 1. The van der Waals surface area contributed by atoms with E-state index in [-0.39, 0.29) is 0 Å². The van der Waals surface area contributed by atoms with E-state index in [0.717, 1.165) is 13.1 Å². The van der Waals surface area contributed by atoms with Gasteiger partial charge in [0.05, 0.1) is 0 Å². The van der Waals surface area contributed by atoms with Gasteiger partial charge in [-0.1, -0.05) is 48.0 Å². The second kappa shape index (κ2) is 9.19. The van der Waals surface area contributed by atoms with Gasteiger partial charge in [-0.15, -0.1) is 0 Å². The maximum absolute atomic E-state index is 12.1. The molecule has 1 N–H and O–H groups in total. The van der Waals surface area contributed by atoms with Crippen molar-refractivity contribution < 1.29 is 9.53 Å². The average Bonchev–Trinajstić information content (AvgIpc) is 3.11. The van der Waals surface area contributed by atoms with E-state index < -0.39 is 6.09 Å². The van der Waals surface area contributed by atoms with Crippen LogP contribution < -0.4 is 5.32 Å². The first-order chi connectivity index (χ1) is 14.1. The standard InChI is InChI=1S/C24H29ClN2O2/c25-21-8-4-9-22(18-21)26-23(28)29-17-16-27-15-5-12-24(27)13-10-20(11-14-24)19-6-2-1-3-7-19/h1-4,6-9,18,20H,5,10-17H2,(H,26,28). The van der Waals surface area contributed by atoms with Gasteiger partial charge in [-0.3, -0.25) is 10.2 Å². The predicted octanol–water partition coefficient (Wildman–Crippen LogP) is 6.08. The predicted molar refractivity (Wildman–Crippen MR) is 118 cm³/mol. The highest BCUT2D eigenvalue weighted by molar-refractivity contribution is 6.30. The molecular weight excluding hydrogens is 384 g/mol. The third-order valence-corrected chi connectivity index (χ3v) is 6.83. The number of rotatable bonds is 5. The van der Waals surface area contributed by atoms with Crippen molar-refractivity contribution >= 4 is 23.4 Å². The molecule has 0 atom stereocenters. The molecular formula is C24H29ClN2O2. The van der Waals surface area contributed by atoms with Crippen LogP contribution in [-0.4, -0.2) is 36.2 Å². The van der Waals surface area contributed by atoms with E-state index in [4.69, 9.17) is 16.3 Å². The number of likely N-dealkylation sites (tertiary alicyclic amines) is 1. The van der Waals surface area contributed by atoms with Crippen LogP contribution >= 0.6 is 11.6 Å². The Hall–Kier alpha value is -2.04. The van der Waals surface area contributed by atoms with Crippen molar-refractivity contribution in [2.45, 2.75) is 50.0 Å². The number of amides is 1. The Labute approximate surface area is 178 Å². The van der Waals surface area contributed by atoms with Crippen molar-refractivity contribution in [1.29, 1.82) is 0 Å². The number of ether oxygens (including phenoxy) is 1. The molecule has 5 heteroatoms. The Morgan fingerprint density at radius 1 is 1.10 bits per heavy atom. The number of nitrogens with one attached hydrogen (secondary N) is 1. The Kier molecular flexibility index (Phi) is 6.41. The molecule has 4 rings (SSSR count). The molecule has 1 heterocycles. The van der Waals surface area contributed by atoms with E-state index >= 15 is 0 Å². The molecule has 2 aromatic carbocycles. The minimum absolute atomic E-state index is 0.304. The van der Waals surface area contributed by atoms with Crippen LogP contribution in [0, 0.1) is 0 Å². The van der Waals surface area contributed by atoms with Crippen molar-refractivity contribution in [3.63, 3.8) is 0 Å². The maximum Gasteiger partial charge on any atom is 0.411 e. The highest BCUT2D eigenvalue weighted by Crippen LogP contribution is 2.46. The molecule has 29 heavy (non-hydrogen) atoms. The van der Waals surface area contributed by atoms with Crippen LogP contribution in [0.5, 0.6) is 0 Å². The topological polar surface area (TPSA) is 41.6 Å². The molecule has 1 saturated heterocycles. The highest BCUT2D eigenvalue weighted by atomic mass is 35.5. The number of anilines is 1. The van der Waals surface area contributed by atoms with Gasteiger partial charge in [-0.25, -0.2) is 4.79 Å². The summed E-state index contributed by atoms with van der Waals surface area (Å²) < 4.78 is 5.44. The summed E-state index contributed by atoms with van der Waals surface area (Å²) in [5.41, 5.74) is 2.44. The van der Waals surface area contributed by atoms with E-state index in [1.807, 2.05) is 0 Å². The Morgan fingerprint density at radius 3 is 2.66 bits per heavy atom. The molecule has 4 nitrogen and oxygen atoms in total. The number of hydrogen-bond acceptors (Lipinski definition) is 3. The summed E-state index contributed by atoms with van der Waals surface area (Å²) in [7, 11) is 0. The first-order valence-electron chi connectivity index (χ1n) is 10.6. The number of carbonyl (C=O) groups is 1. The maximum atomic E-state index is 12.1. The van der Waals surface area contributed by atoms with E-state index in [1.165, 1.54) is 44.1 Å². The minimum Gasteiger partial charge on any atom is -0.448 e. The molecule has 2 aromatic rings. The quantitative estimate of drug-likeness (QED) is 0.646. The van der Waals surface area contributed by atoms with Gasteiger partial charge in [0.1, 0.15) is 6.61 Å². The number of nitrogens with zero attached hydrogens (tertiary/aromatic N) is 1. The second-order valence-corrected chi connectivity index (χ2v) is 8.71. The Balaban J connectivity index is 1.25. The number of benzene rings is 2. The summed E-state index contributed by atoms with van der Waals surface area (Å²) >= 11 is 5.95. The first-order valence-corrected chi connectivity index (χ1v) is 11.0. The van der Waals surface area contributed by atoms with E-state index in [1.54, 1.807) is 24.3 Å². The molecule has 0 bridgehead atoms. The average molecular weight is 413 g/mol. The summed E-state index contributed by atoms with van der Waals surface area (Å²) in [6, 6.07) is 18.0. The molecule has 1 aliphatic carbocycles. The van der Waals surface area contributed by atoms with Crippen molar-refractivity contribution in [3.05, 3.63) is 65.2 Å². The van der Waals surface area contributed by atoms with Crippen LogP contribution in [0.25, 0.3) is 0 Å². The largest absolute Gasteiger partial charge is 0.448 e. The van der Waals surface area contributed by atoms with Crippen LogP contribution in [0.15, 0.2) is 54.6 Å². The monoisotopic (exact) mass is 412 g/mol. The van der Waals surface area contributed by atoms with E-state index in [9.17, 15) is 4.79 Å². The van der Waals surface area contributed by atoms with Crippen LogP contribution in [0.2, 0.25) is 5.02 Å². The number of hydrogen-bond donors (Lipinski definition) is 1. The van der Waals surface area contributed by atoms with Gasteiger partial charge in [0.15, 0.2) is 0 Å². The summed E-state index contributed by atoms with van der Waals surface area (Å²) in [5, 5.41) is 3.33. The third kappa shape index (κ3) is 4.93. The molecule has 1 spiro atoms. The van der Waals surface area contributed by atoms with Crippen molar-refractivity contribution in [2.75, 3.05) is 25.0 Å². The zero-order chi connectivity index (χ0) is 20.1. The van der Waals surface area contributed by atoms with Gasteiger partial charge in [0.25, 0.3) is 0 Å². The van der Waals surface area contributed by atoms with Crippen LogP contribution in [-0.2, 0) is 4.74 Å². The third-order valence-electron chi connectivity index (χ3n) is 6.59. The van der Waals surface area contributed by atoms with Crippen molar-refractivity contribution in [1.82, 2.24) is 4.90 Å². The van der Waals surface area contributed by atoms with E-state index in [0.29, 0.717) is 28.8 Å². The van der Waals surface area contributed by atoms with Crippen LogP contribution in [0.1, 0.15) is 50.0 Å². The fourth-order valence-corrected chi connectivity index (χ4v) is 5.28. The van der Waals surface area contributed by atoms with Gasteiger partial charge < -0.3 is 4.74 Å². The summed E-state index contributed by atoms with van der Waals surface area (Å²) in [5.74, 6) is 0.684. The van der Waals surface area contributed by atoms with Crippen LogP contribution in [0.4, 0.5) is 10.5 Å². The summed E-state index contributed by atoms with van der Waals surface area (Å²) in [6.45, 7) is 2.32. The lowest BCUT2D eigenvalue weighted by Crippen LogP contribution is -2.47. The minimum atomic E-state index is -0.423. The Bertz CT molecular complexity index is 819. The van der Waals surface area contributed by atoms with Gasteiger partial charge in [-0.2, -0.15) is 0 Å². The fourth-order valence-electron chi connectivity index (χ4n) is 5.09. The van der Waals surface area contributed by atoms with Crippen molar-refractivity contribution in [3.8, 4) is 0 Å². The zero-order valence-corrected chi connectivity index (χ0v) is 17.5. The second-order valence-electron chi connectivity index (χ2n) is 8.27. The van der Waals surface area contributed by atoms with Crippen molar-refractivity contribution in [2.24, 2.45) is 0 Å². The molecule has 0 unspecified atom stereocenters. The van der Waals surface area contributed by atoms with Gasteiger partial charge in [0, 0.05) is 22.8 Å². The van der Waals surface area contributed by atoms with Gasteiger partial charge >= 0.3 is 6.09 Å². The lowest BCUT2D eigenvalue weighted by atomic mass is 9.73. The summed E-state index contributed by atoms with van der Waals surface area (Å²) in [6.07, 6.45) is 7.05. The summed E-state index contributed by atoms with van der Waals surface area (Å²) in [4.78, 5) is 14.6. The lowest BCUT2D eigenvalue weighted by molar-refractivity contribution is 0.0629. The van der Waals surface area contributed by atoms with Crippen LogP contribution in [0.3, 0.4) is 0 Å². The Morgan fingerprint density at radius 2 is 1.90 bits per heavy atom. The fraction of sp³-hybridized carbons (Fsp3) is 0.458. The molecule has 1 aliphatic heterocycles. The normalized spacial score (nSPS) is 24.5.